The molecule has 2 amide bonds. The highest BCUT2D eigenvalue weighted by Gasteiger charge is 2.34. The van der Waals surface area contributed by atoms with Crippen LogP contribution in [-0.2, 0) is 16.1 Å². The number of likely N-dealkylation sites (N-methyl/N-ethyl adjacent to an activating group) is 1. The molecular weight excluding hydrogens is 386 g/mol. The van der Waals surface area contributed by atoms with Crippen molar-refractivity contribution in [3.63, 3.8) is 0 Å². The smallest absolute Gasteiger partial charge is 0.226 e. The average Bonchev–Trinajstić information content (AvgIpc) is 2.82. The van der Waals surface area contributed by atoms with Crippen LogP contribution in [0.1, 0.15) is 76.7 Å². The van der Waals surface area contributed by atoms with Gasteiger partial charge in [-0.1, -0.05) is 50.8 Å². The van der Waals surface area contributed by atoms with Crippen molar-refractivity contribution in [2.24, 2.45) is 5.92 Å². The molecule has 1 aliphatic carbocycles. The summed E-state index contributed by atoms with van der Waals surface area (Å²) in [6.07, 6.45) is 10.7. The first kappa shape index (κ1) is 22.3. The van der Waals surface area contributed by atoms with Gasteiger partial charge in [-0.2, -0.15) is 0 Å². The number of amides is 2. The minimum Gasteiger partial charge on any atom is -0.336 e. The Kier molecular flexibility index (Phi) is 7.31. The third-order valence-corrected chi connectivity index (χ3v) is 7.86. The van der Waals surface area contributed by atoms with E-state index in [1.807, 2.05) is 24.0 Å². The van der Waals surface area contributed by atoms with Gasteiger partial charge in [0, 0.05) is 49.7 Å². The Hall–Kier alpha value is -1.88. The Morgan fingerprint density at radius 3 is 2.45 bits per heavy atom. The standard InChI is InChI=1S/C26H39N3O2/c1-3-25(30)29-17-16-22-13-9-14-23(27(22)2)19-28(18-21-12-7-8-15-24(21)29)26(31)20-10-5-4-6-11-20/h7-8,12,15,20,22-23H,3-6,9-11,13-14,16-19H2,1-2H3. The fourth-order valence-corrected chi connectivity index (χ4v) is 5.92. The van der Waals surface area contributed by atoms with Gasteiger partial charge in [0.05, 0.1) is 0 Å². The Labute approximate surface area is 187 Å². The lowest BCUT2D eigenvalue weighted by atomic mass is 9.87. The molecule has 2 heterocycles. The van der Waals surface area contributed by atoms with E-state index < -0.39 is 0 Å². The number of para-hydroxylation sites is 1. The summed E-state index contributed by atoms with van der Waals surface area (Å²) in [4.78, 5) is 33.2. The van der Waals surface area contributed by atoms with Gasteiger partial charge < -0.3 is 9.80 Å². The molecule has 2 unspecified atom stereocenters. The number of hydrogen-bond acceptors (Lipinski definition) is 3. The molecule has 5 heteroatoms. The lowest BCUT2D eigenvalue weighted by Crippen LogP contribution is -2.51. The maximum atomic E-state index is 13.7. The molecule has 3 aliphatic rings. The van der Waals surface area contributed by atoms with Gasteiger partial charge in [0.25, 0.3) is 0 Å². The molecule has 31 heavy (non-hydrogen) atoms. The van der Waals surface area contributed by atoms with Crippen molar-refractivity contribution in [2.45, 2.75) is 89.8 Å². The molecule has 1 saturated carbocycles. The molecule has 0 aromatic heterocycles. The molecule has 170 valence electrons. The van der Waals surface area contributed by atoms with Gasteiger partial charge in [-0.15, -0.1) is 0 Å². The Bertz CT molecular complexity index is 774. The van der Waals surface area contributed by atoms with Crippen LogP contribution >= 0.6 is 0 Å². The van der Waals surface area contributed by atoms with E-state index in [0.717, 1.165) is 50.0 Å². The van der Waals surface area contributed by atoms with E-state index in [0.29, 0.717) is 31.0 Å². The maximum absolute atomic E-state index is 13.7. The van der Waals surface area contributed by atoms with Crippen LogP contribution < -0.4 is 4.90 Å². The second-order valence-electron chi connectivity index (χ2n) is 9.77. The molecule has 5 nitrogen and oxygen atoms in total. The number of rotatable bonds is 2. The molecule has 1 aromatic carbocycles. The van der Waals surface area contributed by atoms with E-state index in [9.17, 15) is 9.59 Å². The Balaban J connectivity index is 1.70. The number of nitrogens with zero attached hydrogens (tertiary/aromatic N) is 3. The lowest BCUT2D eigenvalue weighted by Gasteiger charge is -2.42. The fraction of sp³-hybridized carbons (Fsp3) is 0.692. The summed E-state index contributed by atoms with van der Waals surface area (Å²) in [7, 11) is 2.23. The summed E-state index contributed by atoms with van der Waals surface area (Å²) in [5.41, 5.74) is 2.10. The first-order valence-corrected chi connectivity index (χ1v) is 12.5. The van der Waals surface area contributed by atoms with Gasteiger partial charge in [0.1, 0.15) is 0 Å². The predicted octanol–water partition coefficient (Wildman–Crippen LogP) is 4.60. The SMILES string of the molecule is CCC(=O)N1CCC2CCCC(CN(C(=O)C3CCCCC3)Cc3ccccc31)N2C. The number of benzene rings is 1. The van der Waals surface area contributed by atoms with Crippen LogP contribution in [0.4, 0.5) is 5.69 Å². The number of carbonyl (C=O) groups excluding carboxylic acids is 2. The van der Waals surface area contributed by atoms with Crippen molar-refractivity contribution in [2.75, 3.05) is 25.0 Å². The highest BCUT2D eigenvalue weighted by molar-refractivity contribution is 5.94. The van der Waals surface area contributed by atoms with Crippen molar-refractivity contribution < 1.29 is 9.59 Å². The van der Waals surface area contributed by atoms with Crippen LogP contribution in [0.5, 0.6) is 0 Å². The molecule has 2 fully saturated rings. The predicted molar refractivity (Wildman–Crippen MR) is 125 cm³/mol. The van der Waals surface area contributed by atoms with E-state index in [1.165, 1.54) is 32.1 Å². The second kappa shape index (κ2) is 10.2. The largest absolute Gasteiger partial charge is 0.336 e. The van der Waals surface area contributed by atoms with Crippen LogP contribution in [-0.4, -0.2) is 53.8 Å². The van der Waals surface area contributed by atoms with Gasteiger partial charge in [-0.25, -0.2) is 0 Å². The molecule has 4 rings (SSSR count). The van der Waals surface area contributed by atoms with Crippen LogP contribution in [0.3, 0.4) is 0 Å². The number of piperidine rings is 1. The van der Waals surface area contributed by atoms with Gasteiger partial charge in [0.2, 0.25) is 11.8 Å². The lowest BCUT2D eigenvalue weighted by molar-refractivity contribution is -0.138. The minimum absolute atomic E-state index is 0.170. The number of anilines is 1. The van der Waals surface area contributed by atoms with Crippen molar-refractivity contribution in [3.8, 4) is 0 Å². The van der Waals surface area contributed by atoms with Crippen molar-refractivity contribution >= 4 is 17.5 Å². The molecule has 0 radical (unpaired) electrons. The summed E-state index contributed by atoms with van der Waals surface area (Å²) >= 11 is 0. The number of fused-ring (bicyclic) bond motifs is 3. The van der Waals surface area contributed by atoms with E-state index >= 15 is 0 Å². The fourth-order valence-electron chi connectivity index (χ4n) is 5.92. The van der Waals surface area contributed by atoms with Crippen LogP contribution in [0.25, 0.3) is 0 Å². The van der Waals surface area contributed by atoms with E-state index in [2.05, 4.69) is 29.0 Å². The van der Waals surface area contributed by atoms with Gasteiger partial charge in [-0.3, -0.25) is 14.5 Å². The summed E-state index contributed by atoms with van der Waals surface area (Å²) < 4.78 is 0. The zero-order valence-corrected chi connectivity index (χ0v) is 19.4. The quantitative estimate of drug-likeness (QED) is 0.696. The maximum Gasteiger partial charge on any atom is 0.226 e. The molecule has 1 aromatic rings. The van der Waals surface area contributed by atoms with E-state index in [4.69, 9.17) is 0 Å². The summed E-state index contributed by atoms with van der Waals surface area (Å²) in [5.74, 6) is 0.675. The first-order valence-electron chi connectivity index (χ1n) is 12.5. The zero-order valence-electron chi connectivity index (χ0n) is 19.4. The van der Waals surface area contributed by atoms with Crippen LogP contribution in [0, 0.1) is 5.92 Å². The van der Waals surface area contributed by atoms with Crippen molar-refractivity contribution in [1.29, 1.82) is 0 Å². The average molecular weight is 426 g/mol. The topological polar surface area (TPSA) is 43.9 Å². The minimum atomic E-state index is 0.170. The van der Waals surface area contributed by atoms with Crippen molar-refractivity contribution in [3.05, 3.63) is 29.8 Å². The molecule has 0 N–H and O–H groups in total. The Morgan fingerprint density at radius 2 is 1.68 bits per heavy atom. The highest BCUT2D eigenvalue weighted by Crippen LogP contribution is 2.32. The second-order valence-corrected chi connectivity index (χ2v) is 9.77. The molecule has 2 bridgehead atoms. The molecule has 0 spiro atoms. The third kappa shape index (κ3) is 4.97. The number of hydrogen-bond donors (Lipinski definition) is 0. The van der Waals surface area contributed by atoms with Gasteiger partial charge in [0.15, 0.2) is 0 Å². The molecule has 1 saturated heterocycles. The third-order valence-electron chi connectivity index (χ3n) is 7.86. The summed E-state index contributed by atoms with van der Waals surface area (Å²) in [6.45, 7) is 4.10. The van der Waals surface area contributed by atoms with Crippen molar-refractivity contribution in [1.82, 2.24) is 9.80 Å². The van der Waals surface area contributed by atoms with Gasteiger partial charge in [-0.05, 0) is 50.8 Å². The summed E-state index contributed by atoms with van der Waals surface area (Å²) in [5, 5.41) is 0. The first-order chi connectivity index (χ1) is 15.1. The molecule has 2 atom stereocenters. The van der Waals surface area contributed by atoms with Gasteiger partial charge >= 0.3 is 0 Å². The summed E-state index contributed by atoms with van der Waals surface area (Å²) in [6, 6.07) is 9.13. The monoisotopic (exact) mass is 425 g/mol. The molecule has 2 aliphatic heterocycles. The highest BCUT2D eigenvalue weighted by atomic mass is 16.2. The zero-order chi connectivity index (χ0) is 21.8. The molecular formula is C26H39N3O2. The van der Waals surface area contributed by atoms with Crippen LogP contribution in [0.15, 0.2) is 24.3 Å². The number of carbonyl (C=O) groups is 2. The van der Waals surface area contributed by atoms with Crippen LogP contribution in [0.2, 0.25) is 0 Å². The van der Waals surface area contributed by atoms with E-state index in [-0.39, 0.29) is 11.8 Å². The van der Waals surface area contributed by atoms with E-state index in [1.54, 1.807) is 0 Å². The normalized spacial score (nSPS) is 26.1. The Morgan fingerprint density at radius 1 is 0.935 bits per heavy atom.